The van der Waals surface area contributed by atoms with Crippen LogP contribution in [0.25, 0.3) is 0 Å². The Balaban J connectivity index is 2.92. The Bertz CT molecular complexity index is 106. The van der Waals surface area contributed by atoms with Gasteiger partial charge in [-0.05, 0) is 43.9 Å². The molecule has 0 saturated heterocycles. The molecule has 0 saturated carbocycles. The minimum absolute atomic E-state index is 0.839. The molecule has 0 aromatic rings. The molecular weight excluding hydrogens is 190 g/mol. The monoisotopic (exact) mass is 217 g/mol. The van der Waals surface area contributed by atoms with Gasteiger partial charge in [0, 0.05) is 0 Å². The van der Waals surface area contributed by atoms with Gasteiger partial charge in [0.05, 0.1) is 0 Å². The fourth-order valence-corrected chi connectivity index (χ4v) is 1.84. The quantitative estimate of drug-likeness (QED) is 0.562. The first-order valence-corrected chi connectivity index (χ1v) is 7.40. The van der Waals surface area contributed by atoms with Gasteiger partial charge in [0.1, 0.15) is 0 Å². The van der Waals surface area contributed by atoms with Crippen LogP contribution in [0.1, 0.15) is 46.0 Å². The zero-order chi connectivity index (χ0) is 10.6. The summed E-state index contributed by atoms with van der Waals surface area (Å²) in [5, 5.41) is 3.52. The van der Waals surface area contributed by atoms with Crippen molar-refractivity contribution in [3.05, 3.63) is 0 Å². The third-order valence-electron chi connectivity index (χ3n) is 2.64. The van der Waals surface area contributed by atoms with E-state index in [2.05, 4.69) is 25.4 Å². The number of unbranched alkanes of at least 4 members (excludes halogenated alkanes) is 3. The summed E-state index contributed by atoms with van der Waals surface area (Å²) in [6, 6.07) is 0. The second kappa shape index (κ2) is 11.4. The first-order valence-electron chi connectivity index (χ1n) is 6.00. The van der Waals surface area contributed by atoms with Crippen LogP contribution in [0.15, 0.2) is 0 Å². The third kappa shape index (κ3) is 10.4. The summed E-state index contributed by atoms with van der Waals surface area (Å²) in [6.07, 6.45) is 9.03. The van der Waals surface area contributed by atoms with E-state index in [9.17, 15) is 0 Å². The lowest BCUT2D eigenvalue weighted by molar-refractivity contribution is 0.489. The molecule has 14 heavy (non-hydrogen) atoms. The first-order chi connectivity index (χ1) is 6.81. The van der Waals surface area contributed by atoms with E-state index in [-0.39, 0.29) is 0 Å². The maximum atomic E-state index is 3.52. The molecule has 1 N–H and O–H groups in total. The predicted octanol–water partition coefficient (Wildman–Crippen LogP) is 3.55. The van der Waals surface area contributed by atoms with Crippen molar-refractivity contribution in [2.24, 2.45) is 5.92 Å². The van der Waals surface area contributed by atoms with Crippen LogP contribution in [0, 0.1) is 5.92 Å². The third-order valence-corrected chi connectivity index (χ3v) is 3.34. The van der Waals surface area contributed by atoms with Crippen LogP contribution in [0.3, 0.4) is 0 Å². The largest absolute Gasteiger partial charge is 0.316 e. The van der Waals surface area contributed by atoms with Gasteiger partial charge in [-0.25, -0.2) is 0 Å². The highest BCUT2D eigenvalue weighted by molar-refractivity contribution is 7.98. The number of thioether (sulfide) groups is 1. The molecule has 0 bridgehead atoms. The van der Waals surface area contributed by atoms with Gasteiger partial charge in [-0.2, -0.15) is 11.8 Å². The molecule has 0 radical (unpaired) electrons. The van der Waals surface area contributed by atoms with Crippen LogP contribution in [-0.4, -0.2) is 25.1 Å². The van der Waals surface area contributed by atoms with Crippen molar-refractivity contribution in [1.82, 2.24) is 5.32 Å². The minimum atomic E-state index is 0.839. The van der Waals surface area contributed by atoms with Gasteiger partial charge < -0.3 is 5.32 Å². The van der Waals surface area contributed by atoms with E-state index in [1.165, 1.54) is 50.9 Å². The summed E-state index contributed by atoms with van der Waals surface area (Å²) in [4.78, 5) is 0. The Hall–Kier alpha value is 0.310. The molecule has 1 atom stereocenters. The van der Waals surface area contributed by atoms with Crippen molar-refractivity contribution >= 4 is 11.8 Å². The number of hydrogen-bond donors (Lipinski definition) is 1. The fourth-order valence-electron chi connectivity index (χ4n) is 1.34. The van der Waals surface area contributed by atoms with Crippen LogP contribution >= 0.6 is 11.8 Å². The van der Waals surface area contributed by atoms with Crippen molar-refractivity contribution in [3.63, 3.8) is 0 Å². The maximum absolute atomic E-state index is 3.52. The molecule has 0 aromatic heterocycles. The standard InChI is InChI=1S/C12H27NS/c1-4-12(2)11-13-9-7-5-6-8-10-14-3/h12-13H,4-11H2,1-3H3. The SMILES string of the molecule is CCC(C)CNCCCCCCSC. The lowest BCUT2D eigenvalue weighted by Crippen LogP contribution is -2.21. The average Bonchev–Trinajstić information content (AvgIpc) is 2.21. The highest BCUT2D eigenvalue weighted by atomic mass is 32.2. The fraction of sp³-hybridized carbons (Fsp3) is 1.00. The van der Waals surface area contributed by atoms with Crippen LogP contribution in [0.2, 0.25) is 0 Å². The van der Waals surface area contributed by atoms with E-state index in [0.29, 0.717) is 0 Å². The first kappa shape index (κ1) is 14.3. The Morgan fingerprint density at radius 2 is 1.86 bits per heavy atom. The van der Waals surface area contributed by atoms with Crippen LogP contribution in [0.4, 0.5) is 0 Å². The predicted molar refractivity (Wildman–Crippen MR) is 69.2 cm³/mol. The molecule has 1 unspecified atom stereocenters. The molecule has 0 amide bonds. The molecule has 0 aliphatic carbocycles. The average molecular weight is 217 g/mol. The second-order valence-corrected chi connectivity index (χ2v) is 5.11. The Morgan fingerprint density at radius 1 is 1.14 bits per heavy atom. The second-order valence-electron chi connectivity index (χ2n) is 4.12. The van der Waals surface area contributed by atoms with Crippen molar-refractivity contribution in [2.75, 3.05) is 25.1 Å². The summed E-state index contributed by atoms with van der Waals surface area (Å²) in [6.45, 7) is 6.98. The lowest BCUT2D eigenvalue weighted by atomic mass is 10.1. The van der Waals surface area contributed by atoms with E-state index in [1.54, 1.807) is 0 Å². The highest BCUT2D eigenvalue weighted by Crippen LogP contribution is 2.04. The van der Waals surface area contributed by atoms with Gasteiger partial charge in [-0.3, -0.25) is 0 Å². The van der Waals surface area contributed by atoms with E-state index in [1.807, 2.05) is 11.8 Å². The van der Waals surface area contributed by atoms with E-state index in [0.717, 1.165) is 5.92 Å². The van der Waals surface area contributed by atoms with Gasteiger partial charge in [-0.15, -0.1) is 0 Å². The molecule has 0 rings (SSSR count). The van der Waals surface area contributed by atoms with Crippen molar-refractivity contribution in [3.8, 4) is 0 Å². The molecule has 86 valence electrons. The molecule has 0 heterocycles. The van der Waals surface area contributed by atoms with Crippen molar-refractivity contribution in [1.29, 1.82) is 0 Å². The molecule has 0 aliphatic rings. The number of hydrogen-bond acceptors (Lipinski definition) is 2. The van der Waals surface area contributed by atoms with E-state index in [4.69, 9.17) is 0 Å². The Morgan fingerprint density at radius 3 is 2.50 bits per heavy atom. The zero-order valence-electron chi connectivity index (χ0n) is 10.1. The van der Waals surface area contributed by atoms with E-state index >= 15 is 0 Å². The molecule has 0 spiro atoms. The van der Waals surface area contributed by atoms with Crippen molar-refractivity contribution in [2.45, 2.75) is 46.0 Å². The van der Waals surface area contributed by atoms with Gasteiger partial charge in [0.2, 0.25) is 0 Å². The van der Waals surface area contributed by atoms with E-state index < -0.39 is 0 Å². The molecule has 0 fully saturated rings. The number of rotatable bonds is 10. The molecule has 0 aliphatic heterocycles. The number of nitrogens with one attached hydrogen (secondary N) is 1. The van der Waals surface area contributed by atoms with Crippen LogP contribution < -0.4 is 5.32 Å². The van der Waals surface area contributed by atoms with Gasteiger partial charge in [-0.1, -0.05) is 33.1 Å². The van der Waals surface area contributed by atoms with Crippen LogP contribution in [0.5, 0.6) is 0 Å². The summed E-state index contributed by atoms with van der Waals surface area (Å²) < 4.78 is 0. The Labute approximate surface area is 94.4 Å². The zero-order valence-corrected chi connectivity index (χ0v) is 11.0. The highest BCUT2D eigenvalue weighted by Gasteiger charge is 1.96. The van der Waals surface area contributed by atoms with Gasteiger partial charge in [0.15, 0.2) is 0 Å². The van der Waals surface area contributed by atoms with Gasteiger partial charge in [0.25, 0.3) is 0 Å². The molecule has 2 heteroatoms. The molecular formula is C12H27NS. The summed E-state index contributed by atoms with van der Waals surface area (Å²) >= 11 is 1.96. The summed E-state index contributed by atoms with van der Waals surface area (Å²) in [7, 11) is 0. The minimum Gasteiger partial charge on any atom is -0.316 e. The van der Waals surface area contributed by atoms with Crippen LogP contribution in [-0.2, 0) is 0 Å². The lowest BCUT2D eigenvalue weighted by Gasteiger charge is -2.09. The molecule has 1 nitrogen and oxygen atoms in total. The normalized spacial score (nSPS) is 13.1. The maximum Gasteiger partial charge on any atom is -0.00233 e. The Kier molecular flexibility index (Phi) is 11.6. The summed E-state index contributed by atoms with van der Waals surface area (Å²) in [5.41, 5.74) is 0. The van der Waals surface area contributed by atoms with Crippen molar-refractivity contribution < 1.29 is 0 Å². The molecule has 0 aromatic carbocycles. The van der Waals surface area contributed by atoms with Gasteiger partial charge >= 0.3 is 0 Å². The topological polar surface area (TPSA) is 12.0 Å². The summed E-state index contributed by atoms with van der Waals surface area (Å²) in [5.74, 6) is 2.17. The smallest absolute Gasteiger partial charge is 0.00233 e.